The molecule has 5 heteroatoms. The van der Waals surface area contributed by atoms with Crippen molar-refractivity contribution in [3.63, 3.8) is 0 Å². The topological polar surface area (TPSA) is 30.7 Å². The van der Waals surface area contributed by atoms with Crippen molar-refractivity contribution in [2.75, 3.05) is 0 Å². The van der Waals surface area contributed by atoms with E-state index in [1.807, 2.05) is 12.1 Å². The lowest BCUT2D eigenvalue weighted by Crippen LogP contribution is -2.00. The number of hydrogen-bond donors (Lipinski definition) is 0. The zero-order valence-electron chi connectivity index (χ0n) is 10.4. The van der Waals surface area contributed by atoms with E-state index in [0.717, 1.165) is 23.4 Å². The van der Waals surface area contributed by atoms with Crippen LogP contribution in [0.1, 0.15) is 25.1 Å². The highest BCUT2D eigenvalue weighted by molar-refractivity contribution is 6.31. The number of nitrogens with zero attached hydrogens (tertiary/aromatic N) is 3. The molecule has 2 heterocycles. The fourth-order valence-corrected chi connectivity index (χ4v) is 2.47. The van der Waals surface area contributed by atoms with Gasteiger partial charge >= 0.3 is 0 Å². The maximum absolute atomic E-state index is 6.34. The summed E-state index contributed by atoms with van der Waals surface area (Å²) in [6.07, 6.45) is 4.31. The largest absolute Gasteiger partial charge is 0.265 e. The Balaban J connectivity index is 2.47. The molecular weight excluding hydrogens is 269 g/mol. The van der Waals surface area contributed by atoms with Crippen LogP contribution in [0.5, 0.6) is 0 Å². The van der Waals surface area contributed by atoms with Gasteiger partial charge in [-0.1, -0.05) is 25.4 Å². The van der Waals surface area contributed by atoms with Gasteiger partial charge in [0.2, 0.25) is 0 Å². The third-order valence-corrected chi connectivity index (χ3v) is 3.30. The van der Waals surface area contributed by atoms with Crippen molar-refractivity contribution in [1.29, 1.82) is 0 Å². The third-order valence-electron chi connectivity index (χ3n) is 2.65. The minimum atomic E-state index is 0.381. The molecule has 0 unspecified atom stereocenters. The summed E-state index contributed by atoms with van der Waals surface area (Å²) in [7, 11) is 0. The van der Waals surface area contributed by atoms with E-state index >= 15 is 0 Å². The number of halogens is 2. The molecule has 18 heavy (non-hydrogen) atoms. The van der Waals surface area contributed by atoms with Crippen LogP contribution in [0.2, 0.25) is 5.15 Å². The molecule has 0 aliphatic heterocycles. The number of aromatic nitrogens is 3. The Morgan fingerprint density at radius 2 is 1.94 bits per heavy atom. The zero-order valence-corrected chi connectivity index (χ0v) is 11.9. The fraction of sp³-hybridized carbons (Fsp3) is 0.385. The fourth-order valence-electron chi connectivity index (χ4n) is 1.81. The molecule has 0 aliphatic rings. The maximum Gasteiger partial charge on any atom is 0.137 e. The van der Waals surface area contributed by atoms with Gasteiger partial charge in [0.1, 0.15) is 5.15 Å². The minimum Gasteiger partial charge on any atom is -0.265 e. The molecule has 0 fully saturated rings. The second-order valence-corrected chi connectivity index (χ2v) is 5.19. The van der Waals surface area contributed by atoms with E-state index in [2.05, 4.69) is 23.9 Å². The van der Waals surface area contributed by atoms with E-state index in [-0.39, 0.29) is 0 Å². The first kappa shape index (κ1) is 13.4. The van der Waals surface area contributed by atoms with Gasteiger partial charge in [-0.15, -0.1) is 11.6 Å². The number of pyridine rings is 1. The molecule has 2 rings (SSSR count). The van der Waals surface area contributed by atoms with Crippen molar-refractivity contribution >= 4 is 23.2 Å². The molecule has 0 aliphatic carbocycles. The van der Waals surface area contributed by atoms with Crippen LogP contribution < -0.4 is 0 Å². The van der Waals surface area contributed by atoms with E-state index in [1.54, 1.807) is 17.1 Å². The van der Waals surface area contributed by atoms with Gasteiger partial charge in [-0.3, -0.25) is 4.98 Å². The van der Waals surface area contributed by atoms with Crippen LogP contribution in [0.3, 0.4) is 0 Å². The summed E-state index contributed by atoms with van der Waals surface area (Å²) in [6, 6.07) is 3.74. The molecule has 0 N–H and O–H groups in total. The lowest BCUT2D eigenvalue weighted by molar-refractivity contribution is 0.626. The predicted molar refractivity (Wildman–Crippen MR) is 74.5 cm³/mol. The predicted octanol–water partition coefficient (Wildman–Crippen LogP) is 3.86. The van der Waals surface area contributed by atoms with Crippen molar-refractivity contribution in [2.24, 2.45) is 5.92 Å². The summed E-state index contributed by atoms with van der Waals surface area (Å²) < 4.78 is 1.72. The highest BCUT2D eigenvalue weighted by Gasteiger charge is 2.17. The van der Waals surface area contributed by atoms with E-state index in [4.69, 9.17) is 23.2 Å². The van der Waals surface area contributed by atoms with Gasteiger partial charge in [0.15, 0.2) is 0 Å². The summed E-state index contributed by atoms with van der Waals surface area (Å²) in [5.41, 5.74) is 2.79. The quantitative estimate of drug-likeness (QED) is 0.798. The summed E-state index contributed by atoms with van der Waals surface area (Å²) in [5, 5.41) is 5.15. The Hall–Kier alpha value is -1.06. The number of rotatable bonds is 4. The smallest absolute Gasteiger partial charge is 0.137 e. The minimum absolute atomic E-state index is 0.381. The molecule has 2 aromatic heterocycles. The van der Waals surface area contributed by atoms with Crippen LogP contribution in [0.4, 0.5) is 0 Å². The van der Waals surface area contributed by atoms with Crippen LogP contribution in [0.25, 0.3) is 5.69 Å². The van der Waals surface area contributed by atoms with Gasteiger partial charge in [0, 0.05) is 18.0 Å². The van der Waals surface area contributed by atoms with E-state index < -0.39 is 0 Å². The lowest BCUT2D eigenvalue weighted by Gasteiger charge is -2.02. The number of hydrogen-bond acceptors (Lipinski definition) is 2. The van der Waals surface area contributed by atoms with Crippen molar-refractivity contribution in [2.45, 2.75) is 26.1 Å². The molecule has 0 spiro atoms. The van der Waals surface area contributed by atoms with Crippen molar-refractivity contribution < 1.29 is 0 Å². The van der Waals surface area contributed by atoms with Crippen molar-refractivity contribution in [3.8, 4) is 5.69 Å². The molecule has 0 radical (unpaired) electrons. The average Bonchev–Trinajstić information content (AvgIpc) is 2.66. The lowest BCUT2D eigenvalue weighted by atomic mass is 10.1. The SMILES string of the molecule is CC(C)Cc1nn(-c2ccncc2)c(Cl)c1CCl. The van der Waals surface area contributed by atoms with Gasteiger partial charge in [-0.2, -0.15) is 5.10 Å². The normalized spacial score (nSPS) is 11.2. The molecule has 2 aromatic rings. The summed E-state index contributed by atoms with van der Waals surface area (Å²) in [4.78, 5) is 3.99. The van der Waals surface area contributed by atoms with Gasteiger partial charge in [-0.05, 0) is 24.5 Å². The second-order valence-electron chi connectivity index (χ2n) is 4.56. The van der Waals surface area contributed by atoms with E-state index in [0.29, 0.717) is 17.0 Å². The molecule has 0 aromatic carbocycles. The first-order valence-electron chi connectivity index (χ1n) is 5.86. The second kappa shape index (κ2) is 5.72. The Labute approximate surface area is 117 Å². The molecule has 0 amide bonds. The van der Waals surface area contributed by atoms with E-state index in [1.165, 1.54) is 0 Å². The zero-order chi connectivity index (χ0) is 13.1. The highest BCUT2D eigenvalue weighted by Crippen LogP contribution is 2.26. The van der Waals surface area contributed by atoms with Gasteiger partial charge in [0.05, 0.1) is 17.3 Å². The highest BCUT2D eigenvalue weighted by atomic mass is 35.5. The summed E-state index contributed by atoms with van der Waals surface area (Å²) >= 11 is 12.3. The monoisotopic (exact) mass is 283 g/mol. The number of alkyl halides is 1. The van der Waals surface area contributed by atoms with Crippen LogP contribution in [0.15, 0.2) is 24.5 Å². The Morgan fingerprint density at radius 1 is 1.28 bits per heavy atom. The first-order valence-corrected chi connectivity index (χ1v) is 6.77. The maximum atomic E-state index is 6.34. The van der Waals surface area contributed by atoms with Gasteiger partial charge < -0.3 is 0 Å². The Bertz CT molecular complexity index is 521. The molecule has 0 bridgehead atoms. The molecule has 96 valence electrons. The Kier molecular flexibility index (Phi) is 4.25. The first-order chi connectivity index (χ1) is 8.63. The third kappa shape index (κ3) is 2.68. The van der Waals surface area contributed by atoms with Gasteiger partial charge in [-0.25, -0.2) is 4.68 Å². The van der Waals surface area contributed by atoms with Crippen LogP contribution >= 0.6 is 23.2 Å². The van der Waals surface area contributed by atoms with Crippen LogP contribution in [0, 0.1) is 5.92 Å². The van der Waals surface area contributed by atoms with Crippen molar-refractivity contribution in [3.05, 3.63) is 40.9 Å². The molecule has 0 saturated carbocycles. The summed E-state index contributed by atoms with van der Waals surface area (Å²) in [6.45, 7) is 4.30. The molecule has 0 saturated heterocycles. The van der Waals surface area contributed by atoms with Crippen LogP contribution in [-0.2, 0) is 12.3 Å². The molecular formula is C13H15Cl2N3. The average molecular weight is 284 g/mol. The van der Waals surface area contributed by atoms with Crippen molar-refractivity contribution in [1.82, 2.24) is 14.8 Å². The standard InChI is InChI=1S/C13H15Cl2N3/c1-9(2)7-12-11(8-14)13(15)18(17-12)10-3-5-16-6-4-10/h3-6,9H,7-8H2,1-2H3. The Morgan fingerprint density at radius 3 is 2.50 bits per heavy atom. The van der Waals surface area contributed by atoms with Crippen LogP contribution in [-0.4, -0.2) is 14.8 Å². The summed E-state index contributed by atoms with van der Waals surface area (Å²) in [5.74, 6) is 0.898. The van der Waals surface area contributed by atoms with E-state index in [9.17, 15) is 0 Å². The molecule has 0 atom stereocenters. The molecule has 3 nitrogen and oxygen atoms in total. The van der Waals surface area contributed by atoms with Gasteiger partial charge in [0.25, 0.3) is 0 Å².